The van der Waals surface area contributed by atoms with Crippen LogP contribution in [0.15, 0.2) is 59.0 Å². The van der Waals surface area contributed by atoms with Gasteiger partial charge in [-0.2, -0.15) is 0 Å². The van der Waals surface area contributed by atoms with Crippen molar-refractivity contribution in [3.05, 3.63) is 60.2 Å². The molecule has 0 saturated heterocycles. The zero-order chi connectivity index (χ0) is 17.2. The maximum Gasteiger partial charge on any atom is 0.135 e. The molecule has 0 aliphatic heterocycles. The molecule has 4 heteroatoms. The number of furan rings is 1. The first-order valence-electron chi connectivity index (χ1n) is 8.84. The van der Waals surface area contributed by atoms with E-state index in [0.717, 1.165) is 47.1 Å². The Bertz CT molecular complexity index is 807. The van der Waals surface area contributed by atoms with E-state index in [9.17, 15) is 5.11 Å². The van der Waals surface area contributed by atoms with Gasteiger partial charge in [0.2, 0.25) is 0 Å². The van der Waals surface area contributed by atoms with Crippen LogP contribution in [0.1, 0.15) is 24.8 Å². The summed E-state index contributed by atoms with van der Waals surface area (Å²) in [6.07, 6.45) is 2.01. The molecule has 0 bridgehead atoms. The van der Waals surface area contributed by atoms with E-state index < -0.39 is 6.10 Å². The zero-order valence-electron chi connectivity index (χ0n) is 14.1. The number of nitrogens with two attached hydrogens (primary N) is 1. The largest absolute Gasteiger partial charge is 0.456 e. The molecule has 1 aliphatic carbocycles. The minimum atomic E-state index is -0.566. The lowest BCUT2D eigenvalue weighted by atomic mass is 9.90. The minimum Gasteiger partial charge on any atom is -0.456 e. The molecule has 1 heterocycles. The van der Waals surface area contributed by atoms with E-state index in [-0.39, 0.29) is 12.1 Å². The van der Waals surface area contributed by atoms with Gasteiger partial charge in [-0.05, 0) is 37.0 Å². The number of para-hydroxylation sites is 1. The molecule has 130 valence electrons. The number of fused-ring (bicyclic) bond motifs is 1. The van der Waals surface area contributed by atoms with Gasteiger partial charge >= 0.3 is 0 Å². The van der Waals surface area contributed by atoms with Gasteiger partial charge in [-0.15, -0.1) is 0 Å². The zero-order valence-corrected chi connectivity index (χ0v) is 14.1. The van der Waals surface area contributed by atoms with Crippen molar-refractivity contribution in [3.8, 4) is 11.3 Å². The van der Waals surface area contributed by atoms with Gasteiger partial charge in [0.15, 0.2) is 0 Å². The molecular formula is C21H23NO3. The van der Waals surface area contributed by atoms with Crippen LogP contribution >= 0.6 is 0 Å². The number of benzene rings is 2. The summed E-state index contributed by atoms with van der Waals surface area (Å²) < 4.78 is 11.8. The Labute approximate surface area is 147 Å². The van der Waals surface area contributed by atoms with Crippen molar-refractivity contribution in [1.82, 2.24) is 0 Å². The van der Waals surface area contributed by atoms with Gasteiger partial charge in [0, 0.05) is 17.0 Å². The van der Waals surface area contributed by atoms with Crippen LogP contribution in [0.25, 0.3) is 22.3 Å². The average Bonchev–Trinajstić information content (AvgIpc) is 3.07. The standard InChI is InChI=1S/C21H23NO3/c22-17-5-3-7-19(21(17)23)24-13-14-8-10-15(11-9-14)20-12-16-4-1-2-6-18(16)25-20/h1-2,4,6,8-12,17,19,21,23H,3,5,7,13,22H2. The Balaban J connectivity index is 1.43. The Morgan fingerprint density at radius 1 is 1.08 bits per heavy atom. The van der Waals surface area contributed by atoms with Crippen molar-refractivity contribution < 1.29 is 14.3 Å². The molecule has 0 amide bonds. The Kier molecular flexibility index (Phi) is 4.57. The molecule has 4 rings (SSSR count). The monoisotopic (exact) mass is 337 g/mol. The quantitative estimate of drug-likeness (QED) is 0.758. The predicted molar refractivity (Wildman–Crippen MR) is 98.1 cm³/mol. The van der Waals surface area contributed by atoms with E-state index in [1.54, 1.807) is 0 Å². The molecule has 4 nitrogen and oxygen atoms in total. The molecular weight excluding hydrogens is 314 g/mol. The number of hydrogen-bond acceptors (Lipinski definition) is 4. The van der Waals surface area contributed by atoms with Gasteiger partial charge in [-0.3, -0.25) is 0 Å². The highest BCUT2D eigenvalue weighted by molar-refractivity contribution is 5.82. The molecule has 1 aliphatic rings. The Hall–Kier alpha value is -2.14. The van der Waals surface area contributed by atoms with Gasteiger partial charge in [0.1, 0.15) is 11.3 Å². The van der Waals surface area contributed by atoms with Crippen molar-refractivity contribution in [2.75, 3.05) is 0 Å². The van der Waals surface area contributed by atoms with E-state index in [2.05, 4.69) is 6.07 Å². The summed E-state index contributed by atoms with van der Waals surface area (Å²) in [6, 6.07) is 18.0. The van der Waals surface area contributed by atoms with Crippen molar-refractivity contribution in [3.63, 3.8) is 0 Å². The Morgan fingerprint density at radius 2 is 1.88 bits per heavy atom. The van der Waals surface area contributed by atoms with Crippen LogP contribution < -0.4 is 5.73 Å². The fourth-order valence-electron chi connectivity index (χ4n) is 3.45. The maximum absolute atomic E-state index is 10.1. The van der Waals surface area contributed by atoms with Gasteiger partial charge in [-0.1, -0.05) is 42.5 Å². The predicted octanol–water partition coefficient (Wildman–Crippen LogP) is 3.86. The molecule has 0 spiro atoms. The second kappa shape index (κ2) is 7.00. The normalized spacial score (nSPS) is 23.8. The van der Waals surface area contributed by atoms with Crippen molar-refractivity contribution in [1.29, 1.82) is 0 Å². The van der Waals surface area contributed by atoms with Crippen LogP contribution in [0.4, 0.5) is 0 Å². The van der Waals surface area contributed by atoms with Crippen molar-refractivity contribution >= 4 is 11.0 Å². The van der Waals surface area contributed by atoms with E-state index in [1.807, 2.05) is 48.5 Å². The van der Waals surface area contributed by atoms with Gasteiger partial charge < -0.3 is 20.0 Å². The number of aliphatic hydroxyl groups is 1. The van der Waals surface area contributed by atoms with E-state index in [4.69, 9.17) is 14.9 Å². The third-order valence-electron chi connectivity index (χ3n) is 4.97. The first-order chi connectivity index (χ1) is 12.2. The average molecular weight is 337 g/mol. The summed E-state index contributed by atoms with van der Waals surface area (Å²) >= 11 is 0. The van der Waals surface area contributed by atoms with Crippen LogP contribution in [0.3, 0.4) is 0 Å². The van der Waals surface area contributed by atoms with Crippen LogP contribution in [0, 0.1) is 0 Å². The van der Waals surface area contributed by atoms with Crippen LogP contribution in [-0.2, 0) is 11.3 Å². The molecule has 3 unspecified atom stereocenters. The highest BCUT2D eigenvalue weighted by atomic mass is 16.5. The molecule has 3 N–H and O–H groups in total. The molecule has 3 atom stereocenters. The van der Waals surface area contributed by atoms with Crippen LogP contribution in [-0.4, -0.2) is 23.4 Å². The molecule has 1 aromatic heterocycles. The Morgan fingerprint density at radius 3 is 2.68 bits per heavy atom. The summed E-state index contributed by atoms with van der Waals surface area (Å²) in [4.78, 5) is 0. The van der Waals surface area contributed by atoms with E-state index in [0.29, 0.717) is 6.61 Å². The topological polar surface area (TPSA) is 68.6 Å². The smallest absolute Gasteiger partial charge is 0.135 e. The lowest BCUT2D eigenvalue weighted by Crippen LogP contribution is -2.47. The van der Waals surface area contributed by atoms with Crippen LogP contribution in [0.2, 0.25) is 0 Å². The highest BCUT2D eigenvalue weighted by Gasteiger charge is 2.29. The number of ether oxygens (including phenoxy) is 1. The van der Waals surface area contributed by atoms with E-state index in [1.165, 1.54) is 0 Å². The van der Waals surface area contributed by atoms with Crippen LogP contribution in [0.5, 0.6) is 0 Å². The molecule has 0 radical (unpaired) electrons. The summed E-state index contributed by atoms with van der Waals surface area (Å²) in [6.45, 7) is 0.481. The summed E-state index contributed by atoms with van der Waals surface area (Å²) in [5.41, 5.74) is 8.93. The van der Waals surface area contributed by atoms with Gasteiger partial charge in [0.25, 0.3) is 0 Å². The summed E-state index contributed by atoms with van der Waals surface area (Å²) in [7, 11) is 0. The molecule has 2 aromatic carbocycles. The first kappa shape index (κ1) is 16.3. The van der Waals surface area contributed by atoms with Gasteiger partial charge in [0.05, 0.1) is 18.8 Å². The molecule has 25 heavy (non-hydrogen) atoms. The lowest BCUT2D eigenvalue weighted by Gasteiger charge is -2.32. The van der Waals surface area contributed by atoms with Crippen molar-refractivity contribution in [2.45, 2.75) is 44.1 Å². The number of aliphatic hydroxyl groups excluding tert-OH is 1. The summed E-state index contributed by atoms with van der Waals surface area (Å²) in [5, 5.41) is 11.2. The first-order valence-corrected chi connectivity index (χ1v) is 8.84. The second-order valence-electron chi connectivity index (χ2n) is 6.78. The third-order valence-corrected chi connectivity index (χ3v) is 4.97. The number of hydrogen-bond donors (Lipinski definition) is 2. The van der Waals surface area contributed by atoms with Gasteiger partial charge in [-0.25, -0.2) is 0 Å². The lowest BCUT2D eigenvalue weighted by molar-refractivity contribution is -0.0740. The maximum atomic E-state index is 10.1. The SMILES string of the molecule is NC1CCCC(OCc2ccc(-c3cc4ccccc4o3)cc2)C1O. The number of rotatable bonds is 4. The fourth-order valence-corrected chi connectivity index (χ4v) is 3.45. The van der Waals surface area contributed by atoms with E-state index >= 15 is 0 Å². The second-order valence-corrected chi connectivity index (χ2v) is 6.78. The molecule has 3 aromatic rings. The summed E-state index contributed by atoms with van der Waals surface area (Å²) in [5.74, 6) is 0.863. The molecule has 1 saturated carbocycles. The highest BCUT2D eigenvalue weighted by Crippen LogP contribution is 2.28. The molecule has 1 fully saturated rings. The van der Waals surface area contributed by atoms with Crippen molar-refractivity contribution in [2.24, 2.45) is 5.73 Å². The fraction of sp³-hybridized carbons (Fsp3) is 0.333. The minimum absolute atomic E-state index is 0.168. The third kappa shape index (κ3) is 3.47.